The number of benzene rings is 2. The minimum Gasteiger partial charge on any atom is -0.506 e. The fraction of sp³-hybridized carbons (Fsp3) is 0. The molecule has 2 rings (SSSR count). The first-order valence-electron chi connectivity index (χ1n) is 5.85. The molecule has 0 atom stereocenters. The number of rotatable bonds is 3. The molecule has 0 heterocycles. The van der Waals surface area contributed by atoms with Crippen molar-refractivity contribution in [2.75, 3.05) is 0 Å². The fourth-order valence-electron chi connectivity index (χ4n) is 1.55. The van der Waals surface area contributed by atoms with Crippen molar-refractivity contribution in [2.24, 2.45) is 5.10 Å². The van der Waals surface area contributed by atoms with Crippen LogP contribution in [0.5, 0.6) is 5.75 Å². The topological polar surface area (TPSA) is 61.7 Å². The Morgan fingerprint density at radius 2 is 1.91 bits per heavy atom. The van der Waals surface area contributed by atoms with Gasteiger partial charge in [-0.3, -0.25) is 4.79 Å². The van der Waals surface area contributed by atoms with Crippen LogP contribution in [0, 0.1) is 7.14 Å². The number of nitrogens with zero attached hydrogens (tertiary/aromatic N) is 1. The highest BCUT2D eigenvalue weighted by Gasteiger charge is 2.08. The van der Waals surface area contributed by atoms with Crippen molar-refractivity contribution in [3.63, 3.8) is 0 Å². The Bertz CT molecular complexity index is 767. The average Bonchev–Trinajstić information content (AvgIpc) is 2.46. The second-order valence-electron chi connectivity index (χ2n) is 4.15. The second-order valence-corrected chi connectivity index (χ2v) is 7.38. The van der Waals surface area contributed by atoms with E-state index >= 15 is 0 Å². The SMILES string of the molecule is O=C(NN=Cc1cc(I)cc(I)c1O)c1ccc(Cl)c(Cl)c1. The van der Waals surface area contributed by atoms with Crippen LogP contribution in [0.25, 0.3) is 0 Å². The highest BCUT2D eigenvalue weighted by atomic mass is 127. The van der Waals surface area contributed by atoms with Gasteiger partial charge in [0.15, 0.2) is 0 Å². The number of phenols is 1. The predicted molar refractivity (Wildman–Crippen MR) is 105 cm³/mol. The molecule has 0 aliphatic heterocycles. The molecule has 22 heavy (non-hydrogen) atoms. The van der Waals surface area contributed by atoms with E-state index < -0.39 is 5.91 Å². The van der Waals surface area contributed by atoms with Crippen LogP contribution in [-0.4, -0.2) is 17.2 Å². The van der Waals surface area contributed by atoms with E-state index in [4.69, 9.17) is 23.2 Å². The maximum Gasteiger partial charge on any atom is 0.271 e. The number of carbonyl (C=O) groups excluding carboxylic acids is 1. The molecular weight excluding hydrogens is 553 g/mol. The van der Waals surface area contributed by atoms with Gasteiger partial charge < -0.3 is 5.11 Å². The first kappa shape index (κ1) is 17.8. The quantitative estimate of drug-likeness (QED) is 0.326. The van der Waals surface area contributed by atoms with Crippen molar-refractivity contribution >= 4 is 80.5 Å². The Balaban J connectivity index is 2.12. The number of amides is 1. The van der Waals surface area contributed by atoms with E-state index in [2.05, 4.69) is 33.1 Å². The van der Waals surface area contributed by atoms with Gasteiger partial charge in [-0.25, -0.2) is 5.43 Å². The zero-order chi connectivity index (χ0) is 16.3. The minimum atomic E-state index is -0.422. The van der Waals surface area contributed by atoms with E-state index in [-0.39, 0.29) is 5.75 Å². The molecule has 0 aliphatic rings. The van der Waals surface area contributed by atoms with Gasteiger partial charge in [-0.05, 0) is 75.5 Å². The summed E-state index contributed by atoms with van der Waals surface area (Å²) in [7, 11) is 0. The molecular formula is C14H8Cl2I2N2O2. The van der Waals surface area contributed by atoms with Crippen molar-refractivity contribution in [3.8, 4) is 5.75 Å². The van der Waals surface area contributed by atoms with Gasteiger partial charge in [0.05, 0.1) is 19.8 Å². The van der Waals surface area contributed by atoms with Crippen LogP contribution < -0.4 is 5.43 Å². The molecule has 0 unspecified atom stereocenters. The number of hydrogen-bond acceptors (Lipinski definition) is 3. The zero-order valence-electron chi connectivity index (χ0n) is 10.8. The number of halogens is 4. The summed E-state index contributed by atoms with van der Waals surface area (Å²) < 4.78 is 1.67. The predicted octanol–water partition coefficient (Wildman–Crippen LogP) is 4.67. The molecule has 0 aliphatic carbocycles. The summed E-state index contributed by atoms with van der Waals surface area (Å²) >= 11 is 15.8. The highest BCUT2D eigenvalue weighted by molar-refractivity contribution is 14.1. The maximum atomic E-state index is 11.9. The third-order valence-electron chi connectivity index (χ3n) is 2.61. The molecule has 2 aromatic carbocycles. The molecule has 0 radical (unpaired) electrons. The standard InChI is InChI=1S/C14H8Cl2I2N2O2/c15-10-2-1-7(4-11(10)16)14(22)20-19-6-8-3-9(17)5-12(18)13(8)21/h1-6,21H,(H,20,22). The number of phenolic OH excluding ortho intramolecular Hbond substituents is 1. The van der Waals surface area contributed by atoms with Crippen molar-refractivity contribution in [3.05, 3.63) is 58.6 Å². The normalized spacial score (nSPS) is 10.9. The molecule has 0 spiro atoms. The maximum absolute atomic E-state index is 11.9. The molecule has 0 saturated heterocycles. The van der Waals surface area contributed by atoms with Crippen LogP contribution in [0.1, 0.15) is 15.9 Å². The van der Waals surface area contributed by atoms with Gasteiger partial charge in [0.2, 0.25) is 0 Å². The van der Waals surface area contributed by atoms with Crippen molar-refractivity contribution in [1.82, 2.24) is 5.43 Å². The molecule has 8 heteroatoms. The lowest BCUT2D eigenvalue weighted by Gasteiger charge is -2.04. The van der Waals surface area contributed by atoms with Gasteiger partial charge in [-0.15, -0.1) is 0 Å². The molecule has 0 saturated carbocycles. The third-order valence-corrected chi connectivity index (χ3v) is 4.79. The summed E-state index contributed by atoms with van der Waals surface area (Å²) in [5, 5.41) is 14.4. The smallest absolute Gasteiger partial charge is 0.271 e. The van der Waals surface area contributed by atoms with Crippen LogP contribution >= 0.6 is 68.4 Å². The third kappa shape index (κ3) is 4.46. The van der Waals surface area contributed by atoms with E-state index in [1.54, 1.807) is 12.1 Å². The molecule has 2 aromatic rings. The average molecular weight is 561 g/mol. The van der Waals surface area contributed by atoms with E-state index in [9.17, 15) is 9.90 Å². The first-order chi connectivity index (χ1) is 10.4. The minimum absolute atomic E-state index is 0.119. The molecule has 4 nitrogen and oxygen atoms in total. The summed E-state index contributed by atoms with van der Waals surface area (Å²) in [5.41, 5.74) is 3.23. The van der Waals surface area contributed by atoms with Crippen LogP contribution in [0.3, 0.4) is 0 Å². The Kier molecular flexibility index (Phi) is 6.30. The Labute approximate surface area is 164 Å². The number of carbonyl (C=O) groups is 1. The number of hydrazone groups is 1. The Morgan fingerprint density at radius 3 is 2.59 bits per heavy atom. The van der Waals surface area contributed by atoms with E-state index in [0.717, 1.165) is 3.57 Å². The summed E-state index contributed by atoms with van der Waals surface area (Å²) in [6, 6.07) is 8.14. The van der Waals surface area contributed by atoms with Crippen molar-refractivity contribution < 1.29 is 9.90 Å². The second kappa shape index (κ2) is 7.80. The first-order valence-corrected chi connectivity index (χ1v) is 8.76. The van der Waals surface area contributed by atoms with E-state index in [0.29, 0.717) is 24.7 Å². The van der Waals surface area contributed by atoms with Gasteiger partial charge in [-0.2, -0.15) is 5.10 Å². The molecule has 0 bridgehead atoms. The summed E-state index contributed by atoms with van der Waals surface area (Å²) in [4.78, 5) is 11.9. The fourth-order valence-corrected chi connectivity index (χ4v) is 3.73. The van der Waals surface area contributed by atoms with Gasteiger partial charge in [0.1, 0.15) is 5.75 Å². The summed E-state index contributed by atoms with van der Waals surface area (Å²) in [6.07, 6.45) is 1.38. The van der Waals surface area contributed by atoms with Crippen LogP contribution in [0.4, 0.5) is 0 Å². The van der Waals surface area contributed by atoms with E-state index in [1.165, 1.54) is 18.3 Å². The lowest BCUT2D eigenvalue weighted by molar-refractivity contribution is 0.0955. The largest absolute Gasteiger partial charge is 0.506 e. The van der Waals surface area contributed by atoms with Crippen LogP contribution in [-0.2, 0) is 0 Å². The molecule has 0 aromatic heterocycles. The molecule has 0 fully saturated rings. The zero-order valence-corrected chi connectivity index (χ0v) is 16.6. The molecule has 1 amide bonds. The Hall–Kier alpha value is -0.580. The number of nitrogens with one attached hydrogen (secondary N) is 1. The monoisotopic (exact) mass is 560 g/mol. The molecule has 114 valence electrons. The van der Waals surface area contributed by atoms with E-state index in [1.807, 2.05) is 28.7 Å². The number of aromatic hydroxyl groups is 1. The van der Waals surface area contributed by atoms with Crippen molar-refractivity contribution in [2.45, 2.75) is 0 Å². The van der Waals surface area contributed by atoms with Crippen LogP contribution in [0.15, 0.2) is 35.4 Å². The highest BCUT2D eigenvalue weighted by Crippen LogP contribution is 2.25. The number of hydrogen-bond donors (Lipinski definition) is 2. The van der Waals surface area contributed by atoms with Crippen LogP contribution in [0.2, 0.25) is 10.0 Å². The van der Waals surface area contributed by atoms with Gasteiger partial charge >= 0.3 is 0 Å². The van der Waals surface area contributed by atoms with Gasteiger partial charge in [-0.1, -0.05) is 23.2 Å². The van der Waals surface area contributed by atoms with Gasteiger partial charge in [0, 0.05) is 14.7 Å². The summed E-state index contributed by atoms with van der Waals surface area (Å²) in [6.45, 7) is 0. The van der Waals surface area contributed by atoms with Crippen molar-refractivity contribution in [1.29, 1.82) is 0 Å². The molecule has 2 N–H and O–H groups in total. The Morgan fingerprint density at radius 1 is 1.18 bits per heavy atom. The van der Waals surface area contributed by atoms with Gasteiger partial charge in [0.25, 0.3) is 5.91 Å². The summed E-state index contributed by atoms with van der Waals surface area (Å²) in [5.74, 6) is -0.303. The lowest BCUT2D eigenvalue weighted by Crippen LogP contribution is -2.17. The lowest BCUT2D eigenvalue weighted by atomic mass is 10.2.